The summed E-state index contributed by atoms with van der Waals surface area (Å²) in [4.78, 5) is 14.1. The Balaban J connectivity index is 2.04. The predicted octanol–water partition coefficient (Wildman–Crippen LogP) is 3.06. The number of anilines is 2. The Morgan fingerprint density at radius 3 is 2.46 bits per heavy atom. The van der Waals surface area contributed by atoms with Crippen LogP contribution in [-0.2, 0) is 20.2 Å². The Morgan fingerprint density at radius 2 is 1.81 bits per heavy atom. The Morgan fingerprint density at radius 1 is 1.12 bits per heavy atom. The molecule has 6 nitrogen and oxygen atoms in total. The van der Waals surface area contributed by atoms with Gasteiger partial charge in [-0.2, -0.15) is 0 Å². The van der Waals surface area contributed by atoms with Crippen LogP contribution in [-0.4, -0.2) is 28.5 Å². The molecule has 0 saturated heterocycles. The summed E-state index contributed by atoms with van der Waals surface area (Å²) in [6.45, 7) is 5.47. The molecular weight excluding hydrogens is 352 g/mol. The van der Waals surface area contributed by atoms with E-state index in [-0.39, 0.29) is 10.8 Å². The van der Waals surface area contributed by atoms with Gasteiger partial charge in [-0.1, -0.05) is 6.07 Å². The van der Waals surface area contributed by atoms with Gasteiger partial charge in [0, 0.05) is 12.7 Å². The van der Waals surface area contributed by atoms with E-state index < -0.39 is 15.4 Å². The van der Waals surface area contributed by atoms with Crippen molar-refractivity contribution in [3.63, 3.8) is 0 Å². The fourth-order valence-electron chi connectivity index (χ4n) is 3.22. The van der Waals surface area contributed by atoms with Gasteiger partial charge in [0.15, 0.2) is 0 Å². The minimum atomic E-state index is -3.83. The zero-order chi connectivity index (χ0) is 19.3. The van der Waals surface area contributed by atoms with E-state index in [0.717, 1.165) is 11.3 Å². The molecule has 0 radical (unpaired) electrons. The van der Waals surface area contributed by atoms with Crippen LogP contribution in [0.15, 0.2) is 41.3 Å². The van der Waals surface area contributed by atoms with Crippen molar-refractivity contribution in [1.29, 1.82) is 0 Å². The van der Waals surface area contributed by atoms with E-state index in [1.807, 2.05) is 13.0 Å². The number of aryl methyl sites for hydroxylation is 1. The highest BCUT2D eigenvalue weighted by molar-refractivity contribution is 7.92. The number of nitrogens with one attached hydrogen (secondary N) is 1. The fraction of sp³-hybridized carbons (Fsp3) is 0.316. The van der Waals surface area contributed by atoms with Crippen molar-refractivity contribution in [1.82, 2.24) is 0 Å². The highest BCUT2D eigenvalue weighted by Gasteiger charge is 2.42. The first-order chi connectivity index (χ1) is 12.1. The number of benzene rings is 2. The molecule has 2 aromatic rings. The maximum Gasteiger partial charge on any atom is 0.262 e. The molecule has 1 aliphatic heterocycles. The predicted molar refractivity (Wildman–Crippen MR) is 101 cm³/mol. The van der Waals surface area contributed by atoms with E-state index in [2.05, 4.69) is 4.72 Å². The number of ether oxygens (including phenoxy) is 1. The highest BCUT2D eigenvalue weighted by Crippen LogP contribution is 2.42. The molecule has 26 heavy (non-hydrogen) atoms. The topological polar surface area (TPSA) is 75.7 Å². The third-order valence-electron chi connectivity index (χ3n) is 4.75. The van der Waals surface area contributed by atoms with E-state index in [9.17, 15) is 13.2 Å². The second-order valence-electron chi connectivity index (χ2n) is 6.98. The Hall–Kier alpha value is -2.54. The van der Waals surface area contributed by atoms with Crippen LogP contribution in [0.3, 0.4) is 0 Å². The molecule has 138 valence electrons. The average Bonchev–Trinajstić information content (AvgIpc) is 2.75. The van der Waals surface area contributed by atoms with E-state index >= 15 is 0 Å². The van der Waals surface area contributed by atoms with Crippen LogP contribution in [0.5, 0.6) is 5.75 Å². The second-order valence-corrected chi connectivity index (χ2v) is 8.66. The molecule has 0 aromatic heterocycles. The molecular formula is C19H22N2O4S. The van der Waals surface area contributed by atoms with Crippen molar-refractivity contribution < 1.29 is 17.9 Å². The number of carbonyl (C=O) groups excluding carboxylic acids is 1. The number of amides is 1. The fourth-order valence-corrected chi connectivity index (χ4v) is 4.31. The Kier molecular flexibility index (Phi) is 4.23. The Bertz CT molecular complexity index is 997. The monoisotopic (exact) mass is 374 g/mol. The van der Waals surface area contributed by atoms with E-state index in [0.29, 0.717) is 17.0 Å². The van der Waals surface area contributed by atoms with E-state index in [1.165, 1.54) is 13.2 Å². The van der Waals surface area contributed by atoms with Crippen molar-refractivity contribution in [2.75, 3.05) is 23.8 Å². The summed E-state index contributed by atoms with van der Waals surface area (Å²) in [5.74, 6) is 0.380. The van der Waals surface area contributed by atoms with Crippen LogP contribution >= 0.6 is 0 Å². The molecule has 7 heteroatoms. The molecule has 0 bridgehead atoms. The minimum Gasteiger partial charge on any atom is -0.495 e. The Labute approximate surface area is 153 Å². The van der Waals surface area contributed by atoms with Gasteiger partial charge in [0.25, 0.3) is 10.0 Å². The minimum absolute atomic E-state index is 0.0599. The molecule has 1 heterocycles. The zero-order valence-corrected chi connectivity index (χ0v) is 16.3. The van der Waals surface area contributed by atoms with Gasteiger partial charge < -0.3 is 9.64 Å². The molecule has 0 saturated carbocycles. The standard InChI is InChI=1S/C19H22N2O4S/c1-12-6-9-17(25-5)15(10-12)20-26(23,24)13-7-8-16-14(11-13)19(2,3)18(22)21(16)4/h6-11,20H,1-5H3. The summed E-state index contributed by atoms with van der Waals surface area (Å²) in [6, 6.07) is 10.0. The van der Waals surface area contributed by atoms with Crippen molar-refractivity contribution in [2.45, 2.75) is 31.1 Å². The molecule has 0 spiro atoms. The van der Waals surface area contributed by atoms with Gasteiger partial charge in [-0.25, -0.2) is 8.42 Å². The van der Waals surface area contributed by atoms with Crippen molar-refractivity contribution >= 4 is 27.3 Å². The third-order valence-corrected chi connectivity index (χ3v) is 6.11. The summed E-state index contributed by atoms with van der Waals surface area (Å²) < 4.78 is 33.6. The molecule has 0 fully saturated rings. The van der Waals surface area contributed by atoms with Gasteiger partial charge in [-0.3, -0.25) is 9.52 Å². The summed E-state index contributed by atoms with van der Waals surface area (Å²) in [6.07, 6.45) is 0. The molecule has 3 rings (SSSR count). The van der Waals surface area contributed by atoms with E-state index in [1.54, 1.807) is 50.1 Å². The number of methoxy groups -OCH3 is 1. The number of carbonyl (C=O) groups is 1. The number of hydrogen-bond acceptors (Lipinski definition) is 4. The molecule has 2 aromatic carbocycles. The van der Waals surface area contributed by atoms with E-state index in [4.69, 9.17) is 4.74 Å². The van der Waals surface area contributed by atoms with Crippen LogP contribution in [0.4, 0.5) is 11.4 Å². The lowest BCUT2D eigenvalue weighted by atomic mass is 9.86. The molecule has 1 aliphatic rings. The van der Waals surface area contributed by atoms with Crippen LogP contribution in [0.1, 0.15) is 25.0 Å². The lowest BCUT2D eigenvalue weighted by molar-refractivity contribution is -0.121. The number of sulfonamides is 1. The van der Waals surface area contributed by atoms with Gasteiger partial charge >= 0.3 is 0 Å². The van der Waals surface area contributed by atoms with Gasteiger partial charge in [-0.15, -0.1) is 0 Å². The number of hydrogen-bond donors (Lipinski definition) is 1. The average molecular weight is 374 g/mol. The maximum absolute atomic E-state index is 12.9. The molecule has 1 amide bonds. The van der Waals surface area contributed by atoms with Crippen LogP contribution in [0, 0.1) is 6.92 Å². The normalized spacial score (nSPS) is 15.7. The highest BCUT2D eigenvalue weighted by atomic mass is 32.2. The van der Waals surface area contributed by atoms with Gasteiger partial charge in [-0.05, 0) is 62.2 Å². The number of likely N-dealkylation sites (N-methyl/N-ethyl adjacent to an activating group) is 1. The lowest BCUT2D eigenvalue weighted by Crippen LogP contribution is -2.33. The molecule has 0 atom stereocenters. The van der Waals surface area contributed by atoms with Gasteiger partial charge in [0.2, 0.25) is 5.91 Å². The lowest BCUT2D eigenvalue weighted by Gasteiger charge is -2.17. The maximum atomic E-state index is 12.9. The van der Waals surface area contributed by atoms with Crippen LogP contribution in [0.2, 0.25) is 0 Å². The first-order valence-corrected chi connectivity index (χ1v) is 9.66. The quantitative estimate of drug-likeness (QED) is 0.892. The van der Waals surface area contributed by atoms with Crippen molar-refractivity contribution in [2.24, 2.45) is 0 Å². The molecule has 1 N–H and O–H groups in total. The number of fused-ring (bicyclic) bond motifs is 1. The van der Waals surface area contributed by atoms with Gasteiger partial charge in [0.05, 0.1) is 23.1 Å². The molecule has 0 aliphatic carbocycles. The third kappa shape index (κ3) is 2.82. The first-order valence-electron chi connectivity index (χ1n) is 8.18. The summed E-state index contributed by atoms with van der Waals surface area (Å²) in [7, 11) is -0.647. The van der Waals surface area contributed by atoms with Crippen LogP contribution in [0.25, 0.3) is 0 Å². The summed E-state index contributed by atoms with van der Waals surface area (Å²) in [5.41, 5.74) is 1.94. The first kappa shape index (κ1) is 18.3. The number of rotatable bonds is 4. The van der Waals surface area contributed by atoms with Gasteiger partial charge in [0.1, 0.15) is 5.75 Å². The zero-order valence-electron chi connectivity index (χ0n) is 15.5. The number of nitrogens with zero attached hydrogens (tertiary/aromatic N) is 1. The SMILES string of the molecule is COc1ccc(C)cc1NS(=O)(=O)c1ccc2c(c1)C(C)(C)C(=O)N2C. The van der Waals surface area contributed by atoms with Crippen LogP contribution < -0.4 is 14.4 Å². The van der Waals surface area contributed by atoms with Crippen molar-refractivity contribution in [3.05, 3.63) is 47.5 Å². The van der Waals surface area contributed by atoms with Crippen molar-refractivity contribution in [3.8, 4) is 5.75 Å². The summed E-state index contributed by atoms with van der Waals surface area (Å²) >= 11 is 0. The second kappa shape index (κ2) is 6.02. The smallest absolute Gasteiger partial charge is 0.262 e. The summed E-state index contributed by atoms with van der Waals surface area (Å²) in [5, 5.41) is 0. The molecule has 0 unspecified atom stereocenters. The largest absolute Gasteiger partial charge is 0.495 e.